The van der Waals surface area contributed by atoms with E-state index in [9.17, 15) is 19.2 Å². The molecule has 0 bridgehead atoms. The van der Waals surface area contributed by atoms with Crippen LogP contribution in [-0.2, 0) is 28.7 Å². The van der Waals surface area contributed by atoms with Crippen LogP contribution in [0, 0.1) is 0 Å². The molecule has 6 nitrogen and oxygen atoms in total. The van der Waals surface area contributed by atoms with Crippen LogP contribution in [0.3, 0.4) is 0 Å². The first-order valence-electron chi connectivity index (χ1n) is 4.75. The fraction of sp³-hybridized carbons (Fsp3) is 0.600. The van der Waals surface area contributed by atoms with Gasteiger partial charge in [-0.1, -0.05) is 0 Å². The van der Waals surface area contributed by atoms with Gasteiger partial charge in [-0.3, -0.25) is 9.59 Å². The number of carbonyl (C=O) groups is 4. The Bertz CT molecular complexity index is 264. The summed E-state index contributed by atoms with van der Waals surface area (Å²) < 4.78 is 8.43. The maximum Gasteiger partial charge on any atom is 0.374 e. The molecule has 0 unspecified atom stereocenters. The first-order valence-corrected chi connectivity index (χ1v) is 4.75. The van der Waals surface area contributed by atoms with Gasteiger partial charge >= 0.3 is 11.9 Å². The summed E-state index contributed by atoms with van der Waals surface area (Å²) in [5.74, 6) is -3.04. The highest BCUT2D eigenvalue weighted by molar-refractivity contribution is 6.34. The van der Waals surface area contributed by atoms with E-state index in [1.165, 1.54) is 0 Å². The van der Waals surface area contributed by atoms with E-state index in [0.717, 1.165) is 14.2 Å². The van der Waals surface area contributed by atoms with E-state index in [2.05, 4.69) is 9.47 Å². The Morgan fingerprint density at radius 2 is 1.06 bits per heavy atom. The predicted molar refractivity (Wildman–Crippen MR) is 52.5 cm³/mol. The van der Waals surface area contributed by atoms with Crippen molar-refractivity contribution < 1.29 is 28.7 Å². The van der Waals surface area contributed by atoms with Crippen LogP contribution in [0.4, 0.5) is 0 Å². The third kappa shape index (κ3) is 5.23. The molecular formula is C10H14O6. The van der Waals surface area contributed by atoms with E-state index in [1.807, 2.05) is 0 Å². The summed E-state index contributed by atoms with van der Waals surface area (Å²) in [5, 5.41) is 0. The molecule has 0 atom stereocenters. The summed E-state index contributed by atoms with van der Waals surface area (Å²) >= 11 is 0. The van der Waals surface area contributed by atoms with Gasteiger partial charge in [-0.05, 0) is 12.8 Å². The average molecular weight is 230 g/mol. The smallest absolute Gasteiger partial charge is 0.374 e. The minimum atomic E-state index is -0.890. The van der Waals surface area contributed by atoms with Crippen LogP contribution >= 0.6 is 0 Å². The number of ketones is 2. The molecule has 0 fully saturated rings. The lowest BCUT2D eigenvalue weighted by Gasteiger charge is -1.99. The van der Waals surface area contributed by atoms with Crippen molar-refractivity contribution >= 4 is 23.5 Å². The number of hydrogen-bond donors (Lipinski definition) is 0. The van der Waals surface area contributed by atoms with Crippen LogP contribution < -0.4 is 0 Å². The molecule has 0 saturated carbocycles. The maximum absolute atomic E-state index is 11.0. The van der Waals surface area contributed by atoms with Gasteiger partial charge in [-0.15, -0.1) is 0 Å². The molecule has 0 aromatic heterocycles. The van der Waals surface area contributed by atoms with Crippen molar-refractivity contribution in [1.82, 2.24) is 0 Å². The second kappa shape index (κ2) is 7.56. The van der Waals surface area contributed by atoms with E-state index in [-0.39, 0.29) is 12.8 Å². The highest BCUT2D eigenvalue weighted by Crippen LogP contribution is 2.02. The Morgan fingerprint density at radius 1 is 0.750 bits per heavy atom. The summed E-state index contributed by atoms with van der Waals surface area (Å²) in [4.78, 5) is 43.3. The topological polar surface area (TPSA) is 86.7 Å². The molecule has 0 aromatic rings. The molecule has 0 saturated heterocycles. The lowest BCUT2D eigenvalue weighted by Crippen LogP contribution is -2.16. The molecule has 0 aliphatic carbocycles. The molecular weight excluding hydrogens is 216 g/mol. The SMILES string of the molecule is COC(=O)C(=O)CCCCC(=O)C(=O)OC. The minimum Gasteiger partial charge on any atom is -0.463 e. The Morgan fingerprint density at radius 3 is 1.31 bits per heavy atom. The number of Topliss-reactive ketones (excluding diaryl/α,β-unsaturated/α-hetero) is 2. The van der Waals surface area contributed by atoms with Gasteiger partial charge in [0.05, 0.1) is 14.2 Å². The molecule has 0 radical (unpaired) electrons. The molecule has 0 aliphatic rings. The number of unbranched alkanes of at least 4 members (excludes halogenated alkanes) is 1. The summed E-state index contributed by atoms with van der Waals surface area (Å²) in [6, 6.07) is 0. The van der Waals surface area contributed by atoms with Crippen molar-refractivity contribution in [3.8, 4) is 0 Å². The summed E-state index contributed by atoms with van der Waals surface area (Å²) in [7, 11) is 2.25. The Hall–Kier alpha value is -1.72. The zero-order valence-corrected chi connectivity index (χ0v) is 9.28. The van der Waals surface area contributed by atoms with Crippen LogP contribution in [-0.4, -0.2) is 37.7 Å². The fourth-order valence-corrected chi connectivity index (χ4v) is 1.00. The van der Waals surface area contributed by atoms with E-state index in [4.69, 9.17) is 0 Å². The quantitative estimate of drug-likeness (QED) is 0.348. The van der Waals surface area contributed by atoms with Crippen molar-refractivity contribution in [2.24, 2.45) is 0 Å². The van der Waals surface area contributed by atoms with Gasteiger partial charge in [0.1, 0.15) is 0 Å². The van der Waals surface area contributed by atoms with Gasteiger partial charge in [0.25, 0.3) is 0 Å². The van der Waals surface area contributed by atoms with Crippen LogP contribution in [0.15, 0.2) is 0 Å². The molecule has 0 aromatic carbocycles. The van der Waals surface area contributed by atoms with Crippen LogP contribution in [0.2, 0.25) is 0 Å². The number of hydrogen-bond acceptors (Lipinski definition) is 6. The average Bonchev–Trinajstić information content (AvgIpc) is 2.31. The Labute approximate surface area is 92.9 Å². The van der Waals surface area contributed by atoms with Crippen LogP contribution in [0.5, 0.6) is 0 Å². The Kier molecular flexibility index (Phi) is 6.74. The van der Waals surface area contributed by atoms with Gasteiger partial charge in [0, 0.05) is 12.8 Å². The van der Waals surface area contributed by atoms with E-state index >= 15 is 0 Å². The van der Waals surface area contributed by atoms with Gasteiger partial charge < -0.3 is 9.47 Å². The molecule has 0 N–H and O–H groups in total. The van der Waals surface area contributed by atoms with Gasteiger partial charge in [-0.25, -0.2) is 9.59 Å². The highest BCUT2D eigenvalue weighted by Gasteiger charge is 2.15. The standard InChI is InChI=1S/C10H14O6/c1-15-9(13)7(11)5-3-4-6-8(12)10(14)16-2/h3-6H2,1-2H3. The third-order valence-corrected chi connectivity index (χ3v) is 1.88. The zero-order valence-electron chi connectivity index (χ0n) is 9.28. The first-order chi connectivity index (χ1) is 7.52. The van der Waals surface area contributed by atoms with Crippen molar-refractivity contribution in [2.75, 3.05) is 14.2 Å². The molecule has 0 amide bonds. The van der Waals surface area contributed by atoms with Crippen LogP contribution in [0.25, 0.3) is 0 Å². The number of methoxy groups -OCH3 is 2. The molecule has 0 spiro atoms. The van der Waals surface area contributed by atoms with Gasteiger partial charge in [-0.2, -0.15) is 0 Å². The molecule has 0 rings (SSSR count). The molecule has 16 heavy (non-hydrogen) atoms. The minimum absolute atomic E-state index is 0.0150. The van der Waals surface area contributed by atoms with E-state index in [1.54, 1.807) is 0 Å². The maximum atomic E-state index is 11.0. The number of carbonyl (C=O) groups excluding carboxylic acids is 4. The first kappa shape index (κ1) is 14.3. The summed E-state index contributed by atoms with van der Waals surface area (Å²) in [6.45, 7) is 0. The largest absolute Gasteiger partial charge is 0.463 e. The van der Waals surface area contributed by atoms with Crippen LogP contribution in [0.1, 0.15) is 25.7 Å². The third-order valence-electron chi connectivity index (χ3n) is 1.88. The van der Waals surface area contributed by atoms with Gasteiger partial charge in [0.2, 0.25) is 11.6 Å². The molecule has 6 heteroatoms. The molecule has 0 aliphatic heterocycles. The second-order valence-electron chi connectivity index (χ2n) is 3.04. The lowest BCUT2D eigenvalue weighted by atomic mass is 10.1. The number of rotatable bonds is 7. The van der Waals surface area contributed by atoms with E-state index < -0.39 is 23.5 Å². The number of esters is 2. The second-order valence-corrected chi connectivity index (χ2v) is 3.04. The highest BCUT2D eigenvalue weighted by atomic mass is 16.5. The van der Waals surface area contributed by atoms with Crippen molar-refractivity contribution in [1.29, 1.82) is 0 Å². The molecule has 90 valence electrons. The fourth-order valence-electron chi connectivity index (χ4n) is 1.00. The van der Waals surface area contributed by atoms with E-state index in [0.29, 0.717) is 12.8 Å². The van der Waals surface area contributed by atoms with Gasteiger partial charge in [0.15, 0.2) is 0 Å². The zero-order chi connectivity index (χ0) is 12.6. The van der Waals surface area contributed by atoms with Crippen molar-refractivity contribution in [3.05, 3.63) is 0 Å². The number of ether oxygens (including phenoxy) is 2. The normalized spacial score (nSPS) is 9.38. The Balaban J connectivity index is 3.69. The van der Waals surface area contributed by atoms with Crippen molar-refractivity contribution in [3.63, 3.8) is 0 Å². The van der Waals surface area contributed by atoms with Crippen molar-refractivity contribution in [2.45, 2.75) is 25.7 Å². The summed E-state index contributed by atoms with van der Waals surface area (Å²) in [5.41, 5.74) is 0. The predicted octanol–water partition coefficient (Wildman–Crippen LogP) is 0.0310. The molecule has 0 heterocycles. The monoisotopic (exact) mass is 230 g/mol. The summed E-state index contributed by atoms with van der Waals surface area (Å²) in [6.07, 6.45) is 0.746. The lowest BCUT2D eigenvalue weighted by molar-refractivity contribution is -0.152.